The molecule has 0 spiro atoms. The van der Waals surface area contributed by atoms with Gasteiger partial charge in [-0.3, -0.25) is 9.59 Å². The Labute approximate surface area is 157 Å². The normalized spacial score (nSPS) is 13.0. The van der Waals surface area contributed by atoms with Gasteiger partial charge in [-0.05, 0) is 38.2 Å². The fraction of sp³-hybridized carbons (Fsp3) is 0.611. The van der Waals surface area contributed by atoms with Crippen LogP contribution in [0.3, 0.4) is 0 Å². The molecule has 0 saturated heterocycles. The van der Waals surface area contributed by atoms with Crippen LogP contribution in [0.25, 0.3) is 0 Å². The number of amides is 1. The summed E-state index contributed by atoms with van der Waals surface area (Å²) in [7, 11) is 1.52. The first kappa shape index (κ1) is 20.4. The topological polar surface area (TPSA) is 90.9 Å². The summed E-state index contributed by atoms with van der Waals surface area (Å²) in [5, 5.41) is 3.30. The molecule has 1 aromatic rings. The molecular formula is C18H25NO6S. The number of nitrogens with one attached hydrogen (secondary N) is 1. The quantitative estimate of drug-likeness (QED) is 0.521. The zero-order valence-corrected chi connectivity index (χ0v) is 16.0. The molecule has 1 aromatic heterocycles. The molecule has 1 N–H and O–H groups in total. The second-order valence-corrected chi connectivity index (χ2v) is 7.00. The lowest BCUT2D eigenvalue weighted by Crippen LogP contribution is -2.17. The molecule has 0 fully saturated rings. The molecule has 0 saturated carbocycles. The van der Waals surface area contributed by atoms with E-state index in [0.717, 1.165) is 36.1 Å². The van der Waals surface area contributed by atoms with Crippen LogP contribution in [0.4, 0.5) is 5.00 Å². The molecule has 0 atom stereocenters. The fourth-order valence-electron chi connectivity index (χ4n) is 2.79. The summed E-state index contributed by atoms with van der Waals surface area (Å²) >= 11 is 1.43. The van der Waals surface area contributed by atoms with Gasteiger partial charge >= 0.3 is 11.9 Å². The van der Waals surface area contributed by atoms with Crippen LogP contribution >= 0.6 is 11.3 Å². The molecule has 1 amide bonds. The average Bonchev–Trinajstić information content (AvgIpc) is 2.98. The Hall–Kier alpha value is -1.93. The number of carbonyl (C=O) groups excluding carboxylic acids is 3. The number of rotatable bonds is 9. The number of fused-ring (bicyclic) bond motifs is 1. The average molecular weight is 383 g/mol. The molecule has 0 aliphatic heterocycles. The van der Waals surface area contributed by atoms with Crippen molar-refractivity contribution in [2.45, 2.75) is 45.4 Å². The van der Waals surface area contributed by atoms with Gasteiger partial charge in [-0.15, -0.1) is 11.3 Å². The molecule has 0 bridgehead atoms. The standard InChI is InChI=1S/C18H25NO6S/c1-3-24-18(22)16-12-6-4-5-7-13(12)26-17(16)19-14(20)8-9-15(21)25-11-10-23-2/h3-11H2,1-2H3,(H,19,20). The van der Waals surface area contributed by atoms with Gasteiger partial charge in [0.2, 0.25) is 5.91 Å². The van der Waals surface area contributed by atoms with Crippen LogP contribution in [0.1, 0.15) is 53.4 Å². The molecule has 1 aliphatic carbocycles. The van der Waals surface area contributed by atoms with E-state index in [9.17, 15) is 14.4 Å². The molecule has 0 unspecified atom stereocenters. The van der Waals surface area contributed by atoms with E-state index in [1.807, 2.05) is 0 Å². The van der Waals surface area contributed by atoms with Crippen molar-refractivity contribution in [2.75, 3.05) is 32.2 Å². The Morgan fingerprint density at radius 1 is 1.08 bits per heavy atom. The number of carbonyl (C=O) groups is 3. The molecule has 1 aliphatic rings. The molecule has 0 aromatic carbocycles. The van der Waals surface area contributed by atoms with Gasteiger partial charge < -0.3 is 19.5 Å². The molecule has 26 heavy (non-hydrogen) atoms. The minimum absolute atomic E-state index is 0.00333. The van der Waals surface area contributed by atoms with Gasteiger partial charge in [0.1, 0.15) is 11.6 Å². The summed E-state index contributed by atoms with van der Waals surface area (Å²) in [5.74, 6) is -1.17. The predicted octanol–water partition coefficient (Wildman–Crippen LogP) is 2.71. The second kappa shape index (κ2) is 10.3. The summed E-state index contributed by atoms with van der Waals surface area (Å²) in [5.41, 5.74) is 1.47. The maximum atomic E-state index is 12.3. The zero-order chi connectivity index (χ0) is 18.9. The molecule has 7 nitrogen and oxygen atoms in total. The largest absolute Gasteiger partial charge is 0.463 e. The van der Waals surface area contributed by atoms with Gasteiger partial charge in [-0.25, -0.2) is 4.79 Å². The Balaban J connectivity index is 1.99. The van der Waals surface area contributed by atoms with E-state index in [0.29, 0.717) is 17.2 Å². The number of methoxy groups -OCH3 is 1. The van der Waals surface area contributed by atoms with Crippen molar-refractivity contribution >= 4 is 34.2 Å². The van der Waals surface area contributed by atoms with E-state index in [1.165, 1.54) is 18.4 Å². The van der Waals surface area contributed by atoms with Crippen molar-refractivity contribution in [3.05, 3.63) is 16.0 Å². The third kappa shape index (κ3) is 5.54. The van der Waals surface area contributed by atoms with Crippen LogP contribution in [0.5, 0.6) is 0 Å². The molecule has 0 radical (unpaired) electrons. The van der Waals surface area contributed by atoms with E-state index in [1.54, 1.807) is 6.92 Å². The number of hydrogen-bond acceptors (Lipinski definition) is 7. The Kier molecular flexibility index (Phi) is 8.06. The summed E-state index contributed by atoms with van der Waals surface area (Å²) in [6.45, 7) is 2.53. The zero-order valence-electron chi connectivity index (χ0n) is 15.2. The predicted molar refractivity (Wildman–Crippen MR) is 97.6 cm³/mol. The van der Waals surface area contributed by atoms with Crippen molar-refractivity contribution in [3.63, 3.8) is 0 Å². The highest BCUT2D eigenvalue weighted by Crippen LogP contribution is 2.38. The van der Waals surface area contributed by atoms with Crippen LogP contribution in [0, 0.1) is 0 Å². The van der Waals surface area contributed by atoms with Crippen molar-refractivity contribution in [2.24, 2.45) is 0 Å². The van der Waals surface area contributed by atoms with Crippen molar-refractivity contribution in [3.8, 4) is 0 Å². The van der Waals surface area contributed by atoms with Crippen LogP contribution in [0.2, 0.25) is 0 Å². The van der Waals surface area contributed by atoms with Gasteiger partial charge in [0, 0.05) is 18.4 Å². The molecular weight excluding hydrogens is 358 g/mol. The van der Waals surface area contributed by atoms with Crippen LogP contribution in [-0.2, 0) is 36.6 Å². The lowest BCUT2D eigenvalue weighted by molar-refractivity contribution is -0.145. The molecule has 2 rings (SSSR count). The van der Waals surface area contributed by atoms with E-state index in [-0.39, 0.29) is 32.0 Å². The highest BCUT2D eigenvalue weighted by molar-refractivity contribution is 7.17. The maximum absolute atomic E-state index is 12.3. The first-order valence-corrected chi connectivity index (χ1v) is 9.64. The first-order valence-electron chi connectivity index (χ1n) is 8.82. The van der Waals surface area contributed by atoms with Crippen LogP contribution in [0.15, 0.2) is 0 Å². The molecule has 8 heteroatoms. The summed E-state index contributed by atoms with van der Waals surface area (Å²) < 4.78 is 14.9. The van der Waals surface area contributed by atoms with Crippen molar-refractivity contribution < 1.29 is 28.6 Å². The number of esters is 2. The summed E-state index contributed by atoms with van der Waals surface area (Å²) in [4.78, 5) is 37.2. The van der Waals surface area contributed by atoms with Gasteiger partial charge in [0.05, 0.1) is 25.2 Å². The highest BCUT2D eigenvalue weighted by atomic mass is 32.1. The number of aryl methyl sites for hydroxylation is 1. The smallest absolute Gasteiger partial charge is 0.341 e. The number of anilines is 1. The minimum Gasteiger partial charge on any atom is -0.463 e. The number of thiophene rings is 1. The van der Waals surface area contributed by atoms with Gasteiger partial charge in [0.25, 0.3) is 0 Å². The summed E-state index contributed by atoms with van der Waals surface area (Å²) in [6, 6.07) is 0. The lowest BCUT2D eigenvalue weighted by atomic mass is 9.95. The lowest BCUT2D eigenvalue weighted by Gasteiger charge is -2.12. The Morgan fingerprint density at radius 3 is 2.58 bits per heavy atom. The minimum atomic E-state index is -0.451. The highest BCUT2D eigenvalue weighted by Gasteiger charge is 2.27. The van der Waals surface area contributed by atoms with E-state index >= 15 is 0 Å². The van der Waals surface area contributed by atoms with Crippen molar-refractivity contribution in [1.82, 2.24) is 0 Å². The fourth-order valence-corrected chi connectivity index (χ4v) is 4.08. The van der Waals surface area contributed by atoms with E-state index in [2.05, 4.69) is 5.32 Å². The van der Waals surface area contributed by atoms with Crippen LogP contribution in [-0.4, -0.2) is 44.8 Å². The first-order chi connectivity index (χ1) is 12.6. The van der Waals surface area contributed by atoms with E-state index < -0.39 is 11.9 Å². The van der Waals surface area contributed by atoms with Crippen LogP contribution < -0.4 is 5.32 Å². The number of ether oxygens (including phenoxy) is 3. The Bertz CT molecular complexity index is 654. The van der Waals surface area contributed by atoms with Crippen molar-refractivity contribution in [1.29, 1.82) is 0 Å². The monoisotopic (exact) mass is 383 g/mol. The molecule has 144 valence electrons. The van der Waals surface area contributed by atoms with E-state index in [4.69, 9.17) is 14.2 Å². The maximum Gasteiger partial charge on any atom is 0.341 e. The third-order valence-corrected chi connectivity index (χ3v) is 5.22. The van der Waals surface area contributed by atoms with Gasteiger partial charge in [0.15, 0.2) is 0 Å². The van der Waals surface area contributed by atoms with Gasteiger partial charge in [-0.1, -0.05) is 0 Å². The SMILES string of the molecule is CCOC(=O)c1c(NC(=O)CCC(=O)OCCOC)sc2c1CCCC2. The second-order valence-electron chi connectivity index (χ2n) is 5.90. The number of hydrogen-bond donors (Lipinski definition) is 1. The summed E-state index contributed by atoms with van der Waals surface area (Å²) in [6.07, 6.45) is 3.81. The Morgan fingerprint density at radius 2 is 1.85 bits per heavy atom. The third-order valence-electron chi connectivity index (χ3n) is 4.01. The molecule has 1 heterocycles. The van der Waals surface area contributed by atoms with Gasteiger partial charge in [-0.2, -0.15) is 0 Å².